The predicted molar refractivity (Wildman–Crippen MR) is 84.6 cm³/mol. The summed E-state index contributed by atoms with van der Waals surface area (Å²) in [4.78, 5) is 4.24. The molecule has 0 fully saturated rings. The molecule has 1 heterocycles. The number of aromatic nitrogens is 1. The quantitative estimate of drug-likeness (QED) is 0.753. The van der Waals surface area contributed by atoms with E-state index in [-0.39, 0.29) is 10.9 Å². The second-order valence-electron chi connectivity index (χ2n) is 5.02. The second kappa shape index (κ2) is 7.31. The molecule has 0 bridgehead atoms. The van der Waals surface area contributed by atoms with Crippen molar-refractivity contribution in [1.82, 2.24) is 15.0 Å². The summed E-state index contributed by atoms with van der Waals surface area (Å²) in [5.41, 5.74) is 0. The van der Waals surface area contributed by atoms with Crippen LogP contribution in [0.5, 0.6) is 0 Å². The molecule has 0 saturated carbocycles. The molecule has 0 saturated heterocycles. The topological polar surface area (TPSA) is 94.9 Å². The van der Waals surface area contributed by atoms with Crippen LogP contribution in [0.2, 0.25) is 0 Å². The molecule has 0 spiro atoms. The Labute approximate surface area is 130 Å². The zero-order valence-corrected chi connectivity index (χ0v) is 13.1. The number of hydrogen-bond donors (Lipinski definition) is 2. The molecule has 0 aliphatic heterocycles. The Bertz CT molecular complexity index is 783. The largest absolute Gasteiger partial charge is 0.314 e. The lowest BCUT2D eigenvalue weighted by Crippen LogP contribution is -2.40. The third kappa shape index (κ3) is 4.24. The van der Waals surface area contributed by atoms with E-state index in [1.165, 1.54) is 0 Å². The Hall–Kier alpha value is -2.01. The van der Waals surface area contributed by atoms with E-state index in [0.717, 1.165) is 10.8 Å². The van der Waals surface area contributed by atoms with Crippen molar-refractivity contribution >= 4 is 20.8 Å². The van der Waals surface area contributed by atoms with Gasteiger partial charge in [-0.3, -0.25) is 4.98 Å². The van der Waals surface area contributed by atoms with Crippen molar-refractivity contribution in [2.45, 2.75) is 24.3 Å². The van der Waals surface area contributed by atoms with E-state index >= 15 is 0 Å². The Kier molecular flexibility index (Phi) is 5.44. The minimum absolute atomic E-state index is 0.232. The lowest BCUT2D eigenvalue weighted by atomic mass is 10.2. The molecule has 116 valence electrons. The van der Waals surface area contributed by atoms with E-state index in [0.29, 0.717) is 19.5 Å². The van der Waals surface area contributed by atoms with Crippen LogP contribution in [0.15, 0.2) is 41.6 Å². The van der Waals surface area contributed by atoms with E-state index in [1.807, 2.05) is 6.07 Å². The van der Waals surface area contributed by atoms with Crippen LogP contribution in [0.3, 0.4) is 0 Å². The number of sulfonamides is 1. The number of nitriles is 1. The Morgan fingerprint density at radius 1 is 1.32 bits per heavy atom. The summed E-state index contributed by atoms with van der Waals surface area (Å²) in [5.74, 6) is 0. The number of hydrogen-bond acceptors (Lipinski definition) is 5. The zero-order valence-electron chi connectivity index (χ0n) is 12.3. The molecule has 0 aliphatic rings. The van der Waals surface area contributed by atoms with Crippen molar-refractivity contribution in [3.05, 3.63) is 36.7 Å². The van der Waals surface area contributed by atoms with Gasteiger partial charge in [0.15, 0.2) is 0 Å². The number of rotatable bonds is 7. The van der Waals surface area contributed by atoms with Crippen molar-refractivity contribution in [3.8, 4) is 6.07 Å². The molecule has 2 rings (SSSR count). The molecule has 6 nitrogen and oxygen atoms in total. The van der Waals surface area contributed by atoms with Crippen LogP contribution in [0.1, 0.15) is 13.3 Å². The third-order valence-corrected chi connectivity index (χ3v) is 4.73. The molecule has 1 atom stereocenters. The first-order valence-corrected chi connectivity index (χ1v) is 8.45. The smallest absolute Gasteiger partial charge is 0.240 e. The van der Waals surface area contributed by atoms with Gasteiger partial charge >= 0.3 is 0 Å². The number of nitrogens with one attached hydrogen (secondary N) is 2. The third-order valence-electron chi connectivity index (χ3n) is 3.14. The number of fused-ring (bicyclic) bond motifs is 1. The molecule has 7 heteroatoms. The van der Waals surface area contributed by atoms with Crippen LogP contribution in [0.25, 0.3) is 10.8 Å². The average Bonchev–Trinajstić information content (AvgIpc) is 2.50. The number of pyridine rings is 1. The van der Waals surface area contributed by atoms with Gasteiger partial charge in [-0.2, -0.15) is 5.26 Å². The van der Waals surface area contributed by atoms with Gasteiger partial charge in [0.1, 0.15) is 0 Å². The van der Waals surface area contributed by atoms with Gasteiger partial charge in [-0.1, -0.05) is 6.07 Å². The summed E-state index contributed by atoms with van der Waals surface area (Å²) in [6, 6.07) is 8.49. The lowest BCUT2D eigenvalue weighted by Gasteiger charge is -2.15. The molecule has 1 aromatic heterocycles. The SMILES string of the molecule is C[C@H](CNCCC#N)NS(=O)(=O)c1ccc2cnccc2c1. The molecular formula is C15H18N4O2S. The van der Waals surface area contributed by atoms with Crippen LogP contribution in [-0.2, 0) is 10.0 Å². The maximum atomic E-state index is 12.4. The molecule has 0 radical (unpaired) electrons. The standard InChI is InChI=1S/C15H18N4O2S/c1-12(10-17-7-2-6-16)19-22(20,21)15-4-3-14-11-18-8-5-13(14)9-15/h3-5,8-9,11-12,17,19H,2,7,10H2,1H3/t12-/m1/s1. The zero-order chi connectivity index (χ0) is 16.0. The fourth-order valence-electron chi connectivity index (χ4n) is 2.07. The average molecular weight is 318 g/mol. The fourth-order valence-corrected chi connectivity index (χ4v) is 3.34. The first-order valence-electron chi connectivity index (χ1n) is 6.97. The van der Waals surface area contributed by atoms with Crippen LogP contribution in [0, 0.1) is 11.3 Å². The molecule has 2 N–H and O–H groups in total. The van der Waals surface area contributed by atoms with Crippen molar-refractivity contribution in [2.24, 2.45) is 0 Å². The molecule has 0 aliphatic carbocycles. The van der Waals surface area contributed by atoms with Gasteiger partial charge < -0.3 is 5.32 Å². The highest BCUT2D eigenvalue weighted by atomic mass is 32.2. The Balaban J connectivity index is 2.06. The fraction of sp³-hybridized carbons (Fsp3) is 0.333. The summed E-state index contributed by atoms with van der Waals surface area (Å²) in [5, 5.41) is 13.2. The maximum Gasteiger partial charge on any atom is 0.240 e. The molecule has 0 unspecified atom stereocenters. The van der Waals surface area contributed by atoms with Gasteiger partial charge in [0.05, 0.1) is 11.0 Å². The van der Waals surface area contributed by atoms with E-state index in [9.17, 15) is 8.42 Å². The van der Waals surface area contributed by atoms with Crippen molar-refractivity contribution < 1.29 is 8.42 Å². The van der Waals surface area contributed by atoms with E-state index < -0.39 is 10.0 Å². The highest BCUT2D eigenvalue weighted by Crippen LogP contribution is 2.18. The maximum absolute atomic E-state index is 12.4. The predicted octanol–water partition coefficient (Wildman–Crippen LogP) is 1.40. The van der Waals surface area contributed by atoms with Crippen LogP contribution >= 0.6 is 0 Å². The minimum Gasteiger partial charge on any atom is -0.314 e. The highest BCUT2D eigenvalue weighted by molar-refractivity contribution is 7.89. The number of benzene rings is 1. The molecular weight excluding hydrogens is 300 g/mol. The Morgan fingerprint density at radius 3 is 2.91 bits per heavy atom. The summed E-state index contributed by atoms with van der Waals surface area (Å²) < 4.78 is 27.4. The van der Waals surface area contributed by atoms with Crippen LogP contribution in [-0.4, -0.2) is 32.5 Å². The monoisotopic (exact) mass is 318 g/mol. The molecule has 2 aromatic rings. The van der Waals surface area contributed by atoms with Gasteiger partial charge in [-0.05, 0) is 30.5 Å². The molecule has 0 amide bonds. The highest BCUT2D eigenvalue weighted by Gasteiger charge is 2.17. The molecule has 22 heavy (non-hydrogen) atoms. The van der Waals surface area contributed by atoms with Crippen molar-refractivity contribution in [3.63, 3.8) is 0 Å². The lowest BCUT2D eigenvalue weighted by molar-refractivity contribution is 0.539. The molecule has 1 aromatic carbocycles. The first-order chi connectivity index (χ1) is 10.5. The van der Waals surface area contributed by atoms with Gasteiger partial charge in [0.2, 0.25) is 10.0 Å². The van der Waals surface area contributed by atoms with Gasteiger partial charge in [-0.25, -0.2) is 13.1 Å². The Morgan fingerprint density at radius 2 is 2.14 bits per heavy atom. The van der Waals surface area contributed by atoms with Gasteiger partial charge in [-0.15, -0.1) is 0 Å². The number of nitrogens with zero attached hydrogens (tertiary/aromatic N) is 2. The summed E-state index contributed by atoms with van der Waals surface area (Å²) in [7, 11) is -3.57. The van der Waals surface area contributed by atoms with Crippen molar-refractivity contribution in [1.29, 1.82) is 5.26 Å². The first kappa shape index (κ1) is 16.4. The van der Waals surface area contributed by atoms with Crippen LogP contribution < -0.4 is 10.0 Å². The van der Waals surface area contributed by atoms with Gasteiger partial charge in [0, 0.05) is 43.3 Å². The van der Waals surface area contributed by atoms with E-state index in [2.05, 4.69) is 15.0 Å². The minimum atomic E-state index is -3.57. The van der Waals surface area contributed by atoms with Crippen molar-refractivity contribution in [2.75, 3.05) is 13.1 Å². The summed E-state index contributed by atoms with van der Waals surface area (Å²) >= 11 is 0. The van der Waals surface area contributed by atoms with Crippen LogP contribution in [0.4, 0.5) is 0 Å². The van der Waals surface area contributed by atoms with E-state index in [1.54, 1.807) is 43.6 Å². The van der Waals surface area contributed by atoms with Gasteiger partial charge in [0.25, 0.3) is 0 Å². The second-order valence-corrected chi connectivity index (χ2v) is 6.73. The van der Waals surface area contributed by atoms with E-state index in [4.69, 9.17) is 5.26 Å². The summed E-state index contributed by atoms with van der Waals surface area (Å²) in [6.45, 7) is 2.80. The summed E-state index contributed by atoms with van der Waals surface area (Å²) in [6.07, 6.45) is 3.73. The normalized spacial score (nSPS) is 12.9.